The number of para-hydroxylation sites is 1. The number of rotatable bonds is 11. The number of aromatic nitrogens is 4. The topological polar surface area (TPSA) is 182 Å². The van der Waals surface area contributed by atoms with Gasteiger partial charge in [-0.2, -0.15) is 15.1 Å². The third kappa shape index (κ3) is 5.31. The van der Waals surface area contributed by atoms with Crippen molar-refractivity contribution in [1.29, 1.82) is 0 Å². The van der Waals surface area contributed by atoms with Gasteiger partial charge in [-0.25, -0.2) is 18.3 Å². The van der Waals surface area contributed by atoms with Crippen molar-refractivity contribution < 1.29 is 46.5 Å². The average Bonchev–Trinajstić information content (AvgIpc) is 3.23. The number of nitrogens with zero attached hydrogens (tertiary/aromatic N) is 4. The Morgan fingerprint density at radius 3 is 2.60 bits per heavy atom. The molecule has 0 bridgehead atoms. The summed E-state index contributed by atoms with van der Waals surface area (Å²) in [5, 5.41) is 13.9. The van der Waals surface area contributed by atoms with Gasteiger partial charge in [-0.15, -0.1) is 0 Å². The number of carbonyl (C=O) groups is 1. The fourth-order valence-electron chi connectivity index (χ4n) is 5.93. The van der Waals surface area contributed by atoms with Crippen LogP contribution >= 0.6 is 7.75 Å². The molecule has 2 aliphatic carbocycles. The molecule has 3 aromatic rings. The van der Waals surface area contributed by atoms with Crippen molar-refractivity contribution in [1.82, 2.24) is 24.6 Å². The number of alkyl halides is 2. The van der Waals surface area contributed by atoms with Crippen molar-refractivity contribution in [3.63, 3.8) is 0 Å². The van der Waals surface area contributed by atoms with Gasteiger partial charge in [-0.3, -0.25) is 13.9 Å². The second-order valence-electron chi connectivity index (χ2n) is 11.5. The van der Waals surface area contributed by atoms with Crippen LogP contribution in [0, 0.1) is 0 Å². The lowest BCUT2D eigenvalue weighted by Gasteiger charge is -2.31. The van der Waals surface area contributed by atoms with Gasteiger partial charge in [-0.1, -0.05) is 24.6 Å². The molecule has 7 atom stereocenters. The molecule has 3 heterocycles. The van der Waals surface area contributed by atoms with Crippen LogP contribution in [0.1, 0.15) is 59.1 Å². The molecule has 0 spiro atoms. The predicted molar refractivity (Wildman–Crippen MR) is 154 cm³/mol. The fraction of sp³-hybridized carbons (Fsp3) is 0.571. The highest BCUT2D eigenvalue weighted by Crippen LogP contribution is 2.73. The Balaban J connectivity index is 1.25. The largest absolute Gasteiger partial charge is 0.476 e. The number of fused-ring (bicyclic) bond motifs is 2. The Morgan fingerprint density at radius 2 is 1.96 bits per heavy atom. The number of carbonyl (C=O) groups excluding carboxylic acids is 1. The van der Waals surface area contributed by atoms with Gasteiger partial charge in [0.15, 0.2) is 34.8 Å². The number of hydrogen-bond donors (Lipinski definition) is 3. The zero-order valence-electron chi connectivity index (χ0n) is 24.9. The molecule has 14 nitrogen and oxygen atoms in total. The molecular weight excluding hydrogens is 617 g/mol. The van der Waals surface area contributed by atoms with Crippen LogP contribution in [0.25, 0.3) is 11.2 Å². The van der Waals surface area contributed by atoms with Gasteiger partial charge in [0.1, 0.15) is 17.9 Å². The second kappa shape index (κ2) is 11.4. The summed E-state index contributed by atoms with van der Waals surface area (Å²) in [7, 11) is -4.70. The highest BCUT2D eigenvalue weighted by Gasteiger charge is 2.96. The molecule has 2 unspecified atom stereocenters. The molecule has 1 aliphatic heterocycles. The normalized spacial score (nSPS) is 31.6. The number of nitrogens with one attached hydrogen (secondary N) is 1. The van der Waals surface area contributed by atoms with E-state index < -0.39 is 49.2 Å². The van der Waals surface area contributed by atoms with E-state index in [1.165, 1.54) is 19.1 Å². The number of anilines is 1. The number of esters is 1. The lowest BCUT2D eigenvalue weighted by atomic mass is 9.97. The molecule has 4 N–H and O–H groups in total. The van der Waals surface area contributed by atoms with E-state index in [4.69, 9.17) is 29.0 Å². The van der Waals surface area contributed by atoms with Crippen LogP contribution in [0.4, 0.5) is 14.7 Å². The van der Waals surface area contributed by atoms with Gasteiger partial charge in [0.05, 0.1) is 12.9 Å². The third-order valence-corrected chi connectivity index (χ3v) is 9.98. The Labute approximate surface area is 257 Å². The monoisotopic (exact) mass is 652 g/mol. The van der Waals surface area contributed by atoms with Crippen LogP contribution < -0.4 is 20.1 Å². The first-order chi connectivity index (χ1) is 21.3. The van der Waals surface area contributed by atoms with Crippen molar-refractivity contribution in [3.8, 4) is 11.6 Å². The van der Waals surface area contributed by atoms with E-state index in [2.05, 4.69) is 20.0 Å². The molecule has 45 heavy (non-hydrogen) atoms. The highest BCUT2D eigenvalue weighted by atomic mass is 31.2. The first kappa shape index (κ1) is 31.5. The quantitative estimate of drug-likeness (QED) is 0.201. The lowest BCUT2D eigenvalue weighted by molar-refractivity contribution is -0.157. The summed E-state index contributed by atoms with van der Waals surface area (Å²) in [4.78, 5) is 25.1. The maximum Gasteiger partial charge on any atom is 0.460 e. The number of hydrogen-bond acceptors (Lipinski definition) is 12. The van der Waals surface area contributed by atoms with Crippen molar-refractivity contribution in [2.24, 2.45) is 0 Å². The molecule has 1 aromatic carbocycles. The number of nitrogen functional groups attached to an aromatic ring is 1. The third-order valence-electron chi connectivity index (χ3n) is 8.34. The lowest BCUT2D eigenvalue weighted by Crippen LogP contribution is -2.45. The number of aliphatic hydroxyl groups is 1. The van der Waals surface area contributed by atoms with E-state index in [0.29, 0.717) is 12.8 Å². The molecule has 2 aromatic heterocycles. The number of ether oxygens (including phenoxy) is 3. The number of imidazole rings is 1. The Bertz CT molecular complexity index is 1630. The molecule has 17 heteroatoms. The fourth-order valence-corrected chi connectivity index (χ4v) is 7.63. The maximum atomic E-state index is 16.6. The van der Waals surface area contributed by atoms with Gasteiger partial charge >= 0.3 is 13.7 Å². The number of nitrogens with two attached hydrogens (primary N) is 1. The van der Waals surface area contributed by atoms with Crippen LogP contribution in [-0.2, 0) is 23.4 Å². The summed E-state index contributed by atoms with van der Waals surface area (Å²) in [6, 6.07) is 6.53. The Morgan fingerprint density at radius 1 is 1.24 bits per heavy atom. The molecule has 6 rings (SSSR count). The van der Waals surface area contributed by atoms with Crippen LogP contribution in [0.2, 0.25) is 0 Å². The van der Waals surface area contributed by atoms with E-state index in [1.807, 2.05) is 0 Å². The van der Waals surface area contributed by atoms with Crippen molar-refractivity contribution in [3.05, 3.63) is 36.7 Å². The molecule has 0 radical (unpaired) electrons. The summed E-state index contributed by atoms with van der Waals surface area (Å²) in [5.74, 6) is -4.06. The first-order valence-corrected chi connectivity index (χ1v) is 16.3. The van der Waals surface area contributed by atoms with Crippen molar-refractivity contribution >= 4 is 30.8 Å². The van der Waals surface area contributed by atoms with Gasteiger partial charge < -0.3 is 29.6 Å². The standard InChI is InChI=1S/C28H35F2N6O8P/c1-4-40-21-19-20(33-25(31)34-21)36(15-32-19)24-26(3,29)27(38)23(28(27,30)42-24)44-45(39,43-18-13-9-6-10-14-18)35-16(2)22(37)41-17-11-7-5-8-12-17/h6,9-10,13-17,23-24,38H,4-5,7-8,11-12H2,1-3H3,(H,35,39)(H2,31,33,34)/t16?,23?,24-,26+,27+,28-,45+/m1/s1. The first-order valence-electron chi connectivity index (χ1n) is 14.7. The van der Waals surface area contributed by atoms with Crippen LogP contribution in [0.15, 0.2) is 36.7 Å². The predicted octanol–water partition coefficient (Wildman–Crippen LogP) is 3.90. The van der Waals surface area contributed by atoms with Crippen molar-refractivity contribution in [2.75, 3.05) is 12.3 Å². The molecule has 3 fully saturated rings. The smallest absolute Gasteiger partial charge is 0.460 e. The molecule has 0 amide bonds. The molecule has 1 saturated heterocycles. The summed E-state index contributed by atoms with van der Waals surface area (Å²) >= 11 is 0. The molecule has 3 aliphatic rings. The zero-order valence-corrected chi connectivity index (χ0v) is 25.8. The maximum absolute atomic E-state index is 16.6. The highest BCUT2D eigenvalue weighted by molar-refractivity contribution is 7.52. The van der Waals surface area contributed by atoms with E-state index in [1.54, 1.807) is 25.1 Å². The minimum atomic E-state index is -4.70. The van der Waals surface area contributed by atoms with Crippen LogP contribution in [0.5, 0.6) is 11.6 Å². The van der Waals surface area contributed by atoms with Crippen LogP contribution in [0.3, 0.4) is 0 Å². The summed E-state index contributed by atoms with van der Waals surface area (Å²) in [6.45, 7) is 4.22. The Hall–Kier alpha value is -3.43. The van der Waals surface area contributed by atoms with E-state index in [9.17, 15) is 14.5 Å². The summed E-state index contributed by atoms with van der Waals surface area (Å²) in [5.41, 5.74) is 0.00209. The molecule has 244 valence electrons. The number of benzene rings is 1. The molecular formula is C28H35F2N6O8P. The van der Waals surface area contributed by atoms with Gasteiger partial charge in [0.25, 0.3) is 5.85 Å². The molecule has 2 saturated carbocycles. The van der Waals surface area contributed by atoms with Crippen molar-refractivity contribution in [2.45, 2.75) is 94.5 Å². The summed E-state index contributed by atoms with van der Waals surface area (Å²) < 4.78 is 75.7. The van der Waals surface area contributed by atoms with Crippen LogP contribution in [-0.4, -0.2) is 72.6 Å². The average molecular weight is 653 g/mol. The van der Waals surface area contributed by atoms with Gasteiger partial charge in [0, 0.05) is 0 Å². The Kier molecular flexibility index (Phi) is 8.01. The van der Waals surface area contributed by atoms with E-state index >= 15 is 8.78 Å². The van der Waals surface area contributed by atoms with E-state index in [-0.39, 0.29) is 41.5 Å². The van der Waals surface area contributed by atoms with E-state index in [0.717, 1.165) is 37.1 Å². The SMILES string of the molecule is CCOc1nc(N)nc2c1ncn2[C@@H]1O[C@]2(F)C(O[P@](=O)(NC(C)C(=O)OC3CCCCC3)Oc3ccccc3)[C@]2(O)[C@@]1(C)F. The number of halogens is 2. The second-order valence-corrected chi connectivity index (χ2v) is 13.2. The zero-order chi connectivity index (χ0) is 32.2. The minimum absolute atomic E-state index is 0.0264. The van der Waals surface area contributed by atoms with Gasteiger partial charge in [-0.05, 0) is 58.6 Å². The minimum Gasteiger partial charge on any atom is -0.476 e. The summed E-state index contributed by atoms with van der Waals surface area (Å²) in [6.07, 6.45) is 1.20. The van der Waals surface area contributed by atoms with Gasteiger partial charge in [0.2, 0.25) is 11.8 Å².